The Morgan fingerprint density at radius 3 is 2.93 bits per heavy atom. The summed E-state index contributed by atoms with van der Waals surface area (Å²) in [5, 5.41) is 0.945. The summed E-state index contributed by atoms with van der Waals surface area (Å²) in [6, 6.07) is 1.93. The van der Waals surface area contributed by atoms with Crippen molar-refractivity contribution in [1.82, 2.24) is 15.0 Å². The van der Waals surface area contributed by atoms with E-state index in [4.69, 9.17) is 5.84 Å². The highest BCUT2D eigenvalue weighted by Gasteiger charge is 2.23. The van der Waals surface area contributed by atoms with Crippen LogP contribution in [0.2, 0.25) is 0 Å². The molecule has 78 valence electrons. The van der Waals surface area contributed by atoms with Crippen LogP contribution in [0.3, 0.4) is 0 Å². The van der Waals surface area contributed by atoms with E-state index in [1.165, 1.54) is 19.3 Å². The summed E-state index contributed by atoms with van der Waals surface area (Å²) < 4.78 is 0. The number of aromatic nitrogens is 3. The van der Waals surface area contributed by atoms with Crippen molar-refractivity contribution < 1.29 is 0 Å². The Kier molecular flexibility index (Phi) is 1.85. The Bertz CT molecular complexity index is 486. The molecule has 0 aliphatic heterocycles. The number of hydrazine groups is 1. The maximum absolute atomic E-state index is 5.45. The average Bonchev–Trinajstić information content (AvgIpc) is 2.61. The van der Waals surface area contributed by atoms with Crippen LogP contribution < -0.4 is 11.3 Å². The first kappa shape index (κ1) is 8.67. The fourth-order valence-corrected chi connectivity index (χ4v) is 1.92. The van der Waals surface area contributed by atoms with Gasteiger partial charge in [0.05, 0.1) is 5.39 Å². The Labute approximate surface area is 87.1 Å². The van der Waals surface area contributed by atoms with Crippen LogP contribution in [0.5, 0.6) is 0 Å². The maximum atomic E-state index is 5.45. The maximum Gasteiger partial charge on any atom is 0.153 e. The first-order valence-electron chi connectivity index (χ1n) is 5.20. The molecular formula is C10H13N5. The van der Waals surface area contributed by atoms with Crippen LogP contribution in [0, 0.1) is 0 Å². The molecule has 2 aromatic heterocycles. The van der Waals surface area contributed by atoms with Gasteiger partial charge in [-0.25, -0.2) is 15.8 Å². The largest absolute Gasteiger partial charge is 0.346 e. The fraction of sp³-hybridized carbons (Fsp3) is 0.400. The van der Waals surface area contributed by atoms with E-state index in [1.54, 1.807) is 0 Å². The van der Waals surface area contributed by atoms with Crippen molar-refractivity contribution in [2.75, 3.05) is 5.43 Å². The predicted octanol–water partition coefficient (Wildman–Crippen LogP) is 1.51. The van der Waals surface area contributed by atoms with Gasteiger partial charge in [0.25, 0.3) is 0 Å². The molecule has 15 heavy (non-hydrogen) atoms. The van der Waals surface area contributed by atoms with Gasteiger partial charge in [0.2, 0.25) is 0 Å². The van der Waals surface area contributed by atoms with Crippen LogP contribution in [0.15, 0.2) is 12.3 Å². The van der Waals surface area contributed by atoms with Gasteiger partial charge in [0.15, 0.2) is 5.82 Å². The van der Waals surface area contributed by atoms with Crippen molar-refractivity contribution >= 4 is 16.9 Å². The summed E-state index contributed by atoms with van der Waals surface area (Å²) in [5.74, 6) is 7.59. The second kappa shape index (κ2) is 3.20. The number of nitrogens with one attached hydrogen (secondary N) is 2. The van der Waals surface area contributed by atoms with E-state index in [9.17, 15) is 0 Å². The molecule has 0 radical (unpaired) electrons. The molecule has 0 bridgehead atoms. The third-order valence-corrected chi connectivity index (χ3v) is 3.04. The van der Waals surface area contributed by atoms with Gasteiger partial charge in [-0.3, -0.25) is 0 Å². The average molecular weight is 203 g/mol. The molecule has 1 aliphatic carbocycles. The molecule has 2 aromatic rings. The van der Waals surface area contributed by atoms with Gasteiger partial charge in [-0.2, -0.15) is 0 Å². The van der Waals surface area contributed by atoms with E-state index in [2.05, 4.69) is 20.4 Å². The van der Waals surface area contributed by atoms with Crippen LogP contribution >= 0.6 is 0 Å². The SMILES string of the molecule is NNc1nc(C2CCC2)nc2[nH]ccc12. The molecular weight excluding hydrogens is 190 g/mol. The second-order valence-corrected chi connectivity index (χ2v) is 3.94. The number of nitrogens with zero attached hydrogens (tertiary/aromatic N) is 2. The molecule has 5 heteroatoms. The number of rotatable bonds is 2. The van der Waals surface area contributed by atoms with Crippen LogP contribution in [0.25, 0.3) is 11.0 Å². The second-order valence-electron chi connectivity index (χ2n) is 3.94. The van der Waals surface area contributed by atoms with Gasteiger partial charge in [0.1, 0.15) is 11.5 Å². The first-order valence-corrected chi connectivity index (χ1v) is 5.20. The van der Waals surface area contributed by atoms with Crippen molar-refractivity contribution in [3.8, 4) is 0 Å². The van der Waals surface area contributed by atoms with Crippen molar-refractivity contribution in [2.24, 2.45) is 5.84 Å². The molecule has 1 aliphatic rings. The number of hydrogen-bond donors (Lipinski definition) is 3. The quantitative estimate of drug-likeness (QED) is 0.510. The van der Waals surface area contributed by atoms with E-state index in [0.29, 0.717) is 11.7 Å². The molecule has 5 nitrogen and oxygen atoms in total. The molecule has 0 unspecified atom stereocenters. The summed E-state index contributed by atoms with van der Waals surface area (Å²) in [6.45, 7) is 0. The highest BCUT2D eigenvalue weighted by atomic mass is 15.3. The molecule has 1 saturated carbocycles. The number of nitrogen functional groups attached to an aromatic ring is 1. The minimum atomic E-state index is 0.518. The fourth-order valence-electron chi connectivity index (χ4n) is 1.92. The highest BCUT2D eigenvalue weighted by molar-refractivity contribution is 5.86. The molecule has 0 saturated heterocycles. The topological polar surface area (TPSA) is 79.6 Å². The molecule has 0 amide bonds. The molecule has 2 heterocycles. The van der Waals surface area contributed by atoms with Crippen molar-refractivity contribution in [3.63, 3.8) is 0 Å². The number of H-pyrrole nitrogens is 1. The smallest absolute Gasteiger partial charge is 0.153 e. The molecule has 4 N–H and O–H groups in total. The number of aromatic amines is 1. The van der Waals surface area contributed by atoms with Crippen molar-refractivity contribution in [3.05, 3.63) is 18.1 Å². The van der Waals surface area contributed by atoms with Gasteiger partial charge >= 0.3 is 0 Å². The van der Waals surface area contributed by atoms with Gasteiger partial charge < -0.3 is 10.4 Å². The van der Waals surface area contributed by atoms with Crippen LogP contribution in [-0.2, 0) is 0 Å². The van der Waals surface area contributed by atoms with Crippen molar-refractivity contribution in [1.29, 1.82) is 0 Å². The molecule has 0 spiro atoms. The minimum Gasteiger partial charge on any atom is -0.346 e. The zero-order valence-corrected chi connectivity index (χ0v) is 8.33. The number of nitrogens with two attached hydrogens (primary N) is 1. The highest BCUT2D eigenvalue weighted by Crippen LogP contribution is 2.35. The van der Waals surface area contributed by atoms with Crippen molar-refractivity contribution in [2.45, 2.75) is 25.2 Å². The van der Waals surface area contributed by atoms with Crippen LogP contribution in [-0.4, -0.2) is 15.0 Å². The van der Waals surface area contributed by atoms with E-state index in [1.807, 2.05) is 12.3 Å². The molecule has 3 rings (SSSR count). The first-order chi connectivity index (χ1) is 7.38. The summed E-state index contributed by atoms with van der Waals surface area (Å²) in [5.41, 5.74) is 3.49. The lowest BCUT2D eigenvalue weighted by molar-refractivity contribution is 0.402. The van der Waals surface area contributed by atoms with Gasteiger partial charge in [-0.15, -0.1) is 0 Å². The van der Waals surface area contributed by atoms with E-state index < -0.39 is 0 Å². The Morgan fingerprint density at radius 1 is 1.40 bits per heavy atom. The summed E-state index contributed by atoms with van der Waals surface area (Å²) in [7, 11) is 0. The number of fused-ring (bicyclic) bond motifs is 1. The molecule has 0 atom stereocenters. The van der Waals surface area contributed by atoms with Crippen LogP contribution in [0.1, 0.15) is 31.0 Å². The Morgan fingerprint density at radius 2 is 2.27 bits per heavy atom. The summed E-state index contributed by atoms with van der Waals surface area (Å²) >= 11 is 0. The van der Waals surface area contributed by atoms with Gasteiger partial charge in [0, 0.05) is 12.1 Å². The summed E-state index contributed by atoms with van der Waals surface area (Å²) in [6.07, 6.45) is 5.51. The normalized spacial score (nSPS) is 16.6. The summed E-state index contributed by atoms with van der Waals surface area (Å²) in [4.78, 5) is 12.0. The Hall–Kier alpha value is -1.62. The van der Waals surface area contributed by atoms with E-state index in [0.717, 1.165) is 16.9 Å². The lowest BCUT2D eigenvalue weighted by atomic mass is 9.85. The number of anilines is 1. The zero-order valence-electron chi connectivity index (χ0n) is 8.33. The van der Waals surface area contributed by atoms with E-state index >= 15 is 0 Å². The number of hydrogen-bond acceptors (Lipinski definition) is 4. The van der Waals surface area contributed by atoms with Gasteiger partial charge in [-0.1, -0.05) is 6.42 Å². The Balaban J connectivity index is 2.14. The zero-order chi connectivity index (χ0) is 10.3. The predicted molar refractivity (Wildman–Crippen MR) is 58.3 cm³/mol. The third kappa shape index (κ3) is 1.27. The van der Waals surface area contributed by atoms with Crippen LogP contribution in [0.4, 0.5) is 5.82 Å². The van der Waals surface area contributed by atoms with E-state index in [-0.39, 0.29) is 0 Å². The third-order valence-electron chi connectivity index (χ3n) is 3.04. The lowest BCUT2D eigenvalue weighted by Crippen LogP contribution is -2.16. The molecule has 0 aromatic carbocycles. The minimum absolute atomic E-state index is 0.518. The monoisotopic (exact) mass is 203 g/mol. The molecule has 1 fully saturated rings. The standard InChI is InChI=1S/C10H13N5/c11-15-10-7-4-5-12-9(7)13-8(14-10)6-2-1-3-6/h4-6H,1-3,11H2,(H2,12,13,14,15). The van der Waals surface area contributed by atoms with Gasteiger partial charge in [-0.05, 0) is 18.9 Å². The lowest BCUT2D eigenvalue weighted by Gasteiger charge is -2.23.